The molecule has 2 heterocycles. The molecular weight excluding hydrogens is 234 g/mol. The third-order valence-corrected chi connectivity index (χ3v) is 4.17. The maximum atomic E-state index is 5.83. The lowest BCUT2D eigenvalue weighted by molar-refractivity contribution is 0.351. The predicted molar refractivity (Wildman–Crippen MR) is 76.8 cm³/mol. The summed E-state index contributed by atoms with van der Waals surface area (Å²) in [5.74, 6) is 1.12. The van der Waals surface area contributed by atoms with Crippen LogP contribution in [0.1, 0.15) is 29.2 Å². The van der Waals surface area contributed by atoms with Gasteiger partial charge in [0.2, 0.25) is 0 Å². The zero-order chi connectivity index (χ0) is 12.7. The zero-order valence-corrected chi connectivity index (χ0v) is 10.9. The Morgan fingerprint density at radius 1 is 0.947 bits per heavy atom. The lowest BCUT2D eigenvalue weighted by Gasteiger charge is -2.28. The fourth-order valence-corrected chi connectivity index (χ4v) is 3.19. The first-order chi connectivity index (χ1) is 9.42. The van der Waals surface area contributed by atoms with Gasteiger partial charge in [-0.05, 0) is 30.0 Å². The lowest BCUT2D eigenvalue weighted by Crippen LogP contribution is -2.18. The number of fused-ring (bicyclic) bond motifs is 2. The van der Waals surface area contributed by atoms with Gasteiger partial charge in [0.1, 0.15) is 5.75 Å². The zero-order valence-electron chi connectivity index (χ0n) is 10.9. The van der Waals surface area contributed by atoms with E-state index in [9.17, 15) is 0 Å². The van der Waals surface area contributed by atoms with Crippen LogP contribution in [0.4, 0.5) is 5.69 Å². The summed E-state index contributed by atoms with van der Waals surface area (Å²) in [7, 11) is 0. The van der Waals surface area contributed by atoms with Gasteiger partial charge in [0.25, 0.3) is 0 Å². The third kappa shape index (κ3) is 1.79. The summed E-state index contributed by atoms with van der Waals surface area (Å²) in [6, 6.07) is 15.5. The Labute approximate surface area is 113 Å². The van der Waals surface area contributed by atoms with Crippen molar-refractivity contribution in [2.75, 3.05) is 11.9 Å². The molecule has 0 amide bonds. The van der Waals surface area contributed by atoms with E-state index in [-0.39, 0.29) is 0 Å². The lowest BCUT2D eigenvalue weighted by atomic mass is 9.92. The second-order valence-corrected chi connectivity index (χ2v) is 5.33. The number of hydrogen-bond acceptors (Lipinski definition) is 2. The largest absolute Gasteiger partial charge is 0.493 e. The highest BCUT2D eigenvalue weighted by molar-refractivity contribution is 5.57. The van der Waals surface area contributed by atoms with Gasteiger partial charge in [0.05, 0.1) is 12.6 Å². The van der Waals surface area contributed by atoms with Gasteiger partial charge in [-0.25, -0.2) is 0 Å². The van der Waals surface area contributed by atoms with Crippen LogP contribution in [0.15, 0.2) is 42.5 Å². The van der Waals surface area contributed by atoms with Crippen LogP contribution < -0.4 is 10.1 Å². The molecule has 0 saturated carbocycles. The molecule has 2 nitrogen and oxygen atoms in total. The SMILES string of the molecule is c1ccc2c(c1)CCC(c1cccc3c1OCC3)N2. The molecule has 4 rings (SSSR count). The number of rotatable bonds is 1. The van der Waals surface area contributed by atoms with Gasteiger partial charge >= 0.3 is 0 Å². The molecular formula is C17H17NO. The van der Waals surface area contributed by atoms with Crippen LogP contribution in [-0.2, 0) is 12.8 Å². The van der Waals surface area contributed by atoms with E-state index in [2.05, 4.69) is 47.8 Å². The van der Waals surface area contributed by atoms with Gasteiger partial charge in [0, 0.05) is 17.7 Å². The molecule has 0 aliphatic carbocycles. The molecule has 0 spiro atoms. The minimum atomic E-state index is 0.378. The number of ether oxygens (including phenoxy) is 1. The second-order valence-electron chi connectivity index (χ2n) is 5.33. The summed E-state index contributed by atoms with van der Waals surface area (Å²) in [6.07, 6.45) is 3.32. The van der Waals surface area contributed by atoms with Crippen molar-refractivity contribution in [1.82, 2.24) is 0 Å². The summed E-state index contributed by atoms with van der Waals surface area (Å²) >= 11 is 0. The third-order valence-electron chi connectivity index (χ3n) is 4.17. The summed E-state index contributed by atoms with van der Waals surface area (Å²) < 4.78 is 5.83. The summed E-state index contributed by atoms with van der Waals surface area (Å²) in [5.41, 5.74) is 5.38. The molecule has 1 atom stereocenters. The van der Waals surface area contributed by atoms with E-state index in [1.807, 2.05) is 0 Å². The first kappa shape index (κ1) is 10.9. The first-order valence-electron chi connectivity index (χ1n) is 7.01. The summed E-state index contributed by atoms with van der Waals surface area (Å²) in [6.45, 7) is 0.829. The molecule has 1 unspecified atom stereocenters. The molecule has 0 fully saturated rings. The van der Waals surface area contributed by atoms with Crippen molar-refractivity contribution in [3.05, 3.63) is 59.2 Å². The minimum Gasteiger partial charge on any atom is -0.493 e. The number of anilines is 1. The average Bonchev–Trinajstić information content (AvgIpc) is 2.95. The molecule has 2 heteroatoms. The molecule has 2 aromatic carbocycles. The van der Waals surface area contributed by atoms with Crippen molar-refractivity contribution in [3.8, 4) is 5.75 Å². The molecule has 2 aromatic rings. The Kier molecular flexibility index (Phi) is 2.47. The topological polar surface area (TPSA) is 21.3 Å². The molecule has 0 bridgehead atoms. The van der Waals surface area contributed by atoms with Crippen LogP contribution in [0.2, 0.25) is 0 Å². The predicted octanol–water partition coefficient (Wildman–Crippen LogP) is 3.72. The van der Waals surface area contributed by atoms with Gasteiger partial charge in [-0.3, -0.25) is 0 Å². The fourth-order valence-electron chi connectivity index (χ4n) is 3.19. The van der Waals surface area contributed by atoms with Crippen LogP contribution in [0.25, 0.3) is 0 Å². The maximum absolute atomic E-state index is 5.83. The van der Waals surface area contributed by atoms with Crippen molar-refractivity contribution in [1.29, 1.82) is 0 Å². The van der Waals surface area contributed by atoms with E-state index in [1.54, 1.807) is 0 Å². The molecule has 0 saturated heterocycles. The summed E-state index contributed by atoms with van der Waals surface area (Å²) in [5, 5.41) is 3.66. The number of benzene rings is 2. The van der Waals surface area contributed by atoms with Crippen molar-refractivity contribution in [2.45, 2.75) is 25.3 Å². The highest BCUT2D eigenvalue weighted by atomic mass is 16.5. The van der Waals surface area contributed by atoms with Crippen molar-refractivity contribution in [2.24, 2.45) is 0 Å². The Morgan fingerprint density at radius 3 is 2.84 bits per heavy atom. The molecule has 0 aromatic heterocycles. The van der Waals surface area contributed by atoms with E-state index in [1.165, 1.54) is 22.4 Å². The van der Waals surface area contributed by atoms with Gasteiger partial charge in [-0.15, -0.1) is 0 Å². The van der Waals surface area contributed by atoms with E-state index < -0.39 is 0 Å². The Balaban J connectivity index is 1.70. The van der Waals surface area contributed by atoms with Gasteiger partial charge < -0.3 is 10.1 Å². The van der Waals surface area contributed by atoms with E-state index in [4.69, 9.17) is 4.74 Å². The van der Waals surface area contributed by atoms with Gasteiger partial charge in [-0.2, -0.15) is 0 Å². The van der Waals surface area contributed by atoms with Gasteiger partial charge in [-0.1, -0.05) is 36.4 Å². The highest BCUT2D eigenvalue weighted by Crippen LogP contribution is 2.39. The summed E-state index contributed by atoms with van der Waals surface area (Å²) in [4.78, 5) is 0. The number of para-hydroxylation sites is 2. The maximum Gasteiger partial charge on any atom is 0.127 e. The molecule has 2 aliphatic heterocycles. The van der Waals surface area contributed by atoms with Crippen LogP contribution in [-0.4, -0.2) is 6.61 Å². The van der Waals surface area contributed by atoms with Gasteiger partial charge in [0.15, 0.2) is 0 Å². The minimum absolute atomic E-state index is 0.378. The van der Waals surface area contributed by atoms with Crippen LogP contribution in [0.5, 0.6) is 5.75 Å². The first-order valence-corrected chi connectivity index (χ1v) is 7.01. The smallest absolute Gasteiger partial charge is 0.127 e. The van der Waals surface area contributed by atoms with Crippen LogP contribution in [0.3, 0.4) is 0 Å². The van der Waals surface area contributed by atoms with E-state index in [0.29, 0.717) is 6.04 Å². The van der Waals surface area contributed by atoms with Crippen molar-refractivity contribution >= 4 is 5.69 Å². The van der Waals surface area contributed by atoms with E-state index in [0.717, 1.165) is 31.6 Å². The quantitative estimate of drug-likeness (QED) is 0.834. The number of aryl methyl sites for hydroxylation is 1. The normalized spacial score (nSPS) is 20.1. The monoisotopic (exact) mass is 251 g/mol. The fraction of sp³-hybridized carbons (Fsp3) is 0.294. The van der Waals surface area contributed by atoms with Crippen molar-refractivity contribution in [3.63, 3.8) is 0 Å². The Bertz CT molecular complexity index is 620. The second kappa shape index (κ2) is 4.30. The van der Waals surface area contributed by atoms with Crippen LogP contribution >= 0.6 is 0 Å². The average molecular weight is 251 g/mol. The van der Waals surface area contributed by atoms with Crippen LogP contribution in [0, 0.1) is 0 Å². The molecule has 0 radical (unpaired) electrons. The van der Waals surface area contributed by atoms with Crippen molar-refractivity contribution < 1.29 is 4.74 Å². The van der Waals surface area contributed by atoms with E-state index >= 15 is 0 Å². The Hall–Kier alpha value is -1.96. The molecule has 96 valence electrons. The molecule has 19 heavy (non-hydrogen) atoms. The number of hydrogen-bond donors (Lipinski definition) is 1. The Morgan fingerprint density at radius 2 is 1.84 bits per heavy atom. The molecule has 2 aliphatic rings. The molecule has 1 N–H and O–H groups in total. The standard InChI is InChI=1S/C17H17NO/c1-2-7-15-12(4-1)8-9-16(18-15)14-6-3-5-13-10-11-19-17(13)14/h1-7,16,18H,8-11H2. The number of nitrogens with one attached hydrogen (secondary N) is 1. The highest BCUT2D eigenvalue weighted by Gasteiger charge is 2.25.